The predicted molar refractivity (Wildman–Crippen MR) is 40.0 cm³/mol. The standard InChI is InChI=1S/C7H9N3O/c1-2-3-10-6(5-8)4-7(9)11/h1,6,10H,3-4H2,(H2,9,11). The first-order valence-electron chi connectivity index (χ1n) is 3.05. The fourth-order valence-electron chi connectivity index (χ4n) is 0.547. The van der Waals surface area contributed by atoms with Crippen LogP contribution < -0.4 is 11.1 Å². The van der Waals surface area contributed by atoms with Crippen LogP contribution in [0.3, 0.4) is 0 Å². The largest absolute Gasteiger partial charge is 0.370 e. The summed E-state index contributed by atoms with van der Waals surface area (Å²) < 4.78 is 0. The van der Waals surface area contributed by atoms with Gasteiger partial charge >= 0.3 is 0 Å². The molecule has 0 saturated heterocycles. The van der Waals surface area contributed by atoms with Crippen molar-refractivity contribution in [3.63, 3.8) is 0 Å². The molecule has 0 aliphatic rings. The van der Waals surface area contributed by atoms with Gasteiger partial charge in [0.2, 0.25) is 5.91 Å². The predicted octanol–water partition coefficient (Wildman–Crippen LogP) is -1.02. The van der Waals surface area contributed by atoms with E-state index in [1.54, 1.807) is 0 Å². The minimum absolute atomic E-state index is 0.00181. The summed E-state index contributed by atoms with van der Waals surface area (Å²) in [7, 11) is 0. The average Bonchev–Trinajstić information content (AvgIpc) is 1.97. The van der Waals surface area contributed by atoms with Crippen molar-refractivity contribution in [3.8, 4) is 18.4 Å². The molecule has 0 saturated carbocycles. The number of nitrogens with two attached hydrogens (primary N) is 1. The van der Waals surface area contributed by atoms with E-state index in [4.69, 9.17) is 17.4 Å². The molecule has 58 valence electrons. The fraction of sp³-hybridized carbons (Fsp3) is 0.429. The van der Waals surface area contributed by atoms with Crippen LogP contribution in [0.1, 0.15) is 6.42 Å². The van der Waals surface area contributed by atoms with Crippen molar-refractivity contribution in [2.24, 2.45) is 5.73 Å². The van der Waals surface area contributed by atoms with Gasteiger partial charge in [-0.05, 0) is 0 Å². The molecule has 4 heteroatoms. The molecule has 11 heavy (non-hydrogen) atoms. The summed E-state index contributed by atoms with van der Waals surface area (Å²) in [5.74, 6) is 1.78. The molecule has 0 spiro atoms. The number of hydrogen-bond donors (Lipinski definition) is 2. The first-order chi connectivity index (χ1) is 5.20. The zero-order valence-corrected chi connectivity index (χ0v) is 6.00. The third kappa shape index (κ3) is 4.95. The third-order valence-electron chi connectivity index (χ3n) is 1.01. The van der Waals surface area contributed by atoms with Crippen molar-refractivity contribution in [3.05, 3.63) is 0 Å². The van der Waals surface area contributed by atoms with E-state index < -0.39 is 11.9 Å². The summed E-state index contributed by atoms with van der Waals surface area (Å²) in [6, 6.07) is 1.29. The highest BCUT2D eigenvalue weighted by Crippen LogP contribution is 1.86. The molecule has 1 amide bonds. The van der Waals surface area contributed by atoms with E-state index in [1.165, 1.54) is 0 Å². The van der Waals surface area contributed by atoms with Crippen LogP contribution in [0, 0.1) is 23.7 Å². The number of carbonyl (C=O) groups excluding carboxylic acids is 1. The first-order valence-corrected chi connectivity index (χ1v) is 3.05. The quantitative estimate of drug-likeness (QED) is 0.504. The highest BCUT2D eigenvalue weighted by atomic mass is 16.1. The second-order valence-corrected chi connectivity index (χ2v) is 1.94. The Balaban J connectivity index is 3.71. The van der Waals surface area contributed by atoms with Crippen LogP contribution in [0.4, 0.5) is 0 Å². The molecule has 0 heterocycles. The highest BCUT2D eigenvalue weighted by Gasteiger charge is 2.07. The van der Waals surface area contributed by atoms with E-state index in [2.05, 4.69) is 11.2 Å². The molecule has 4 nitrogen and oxygen atoms in total. The molecule has 0 aromatic carbocycles. The second-order valence-electron chi connectivity index (χ2n) is 1.94. The van der Waals surface area contributed by atoms with Crippen LogP contribution in [-0.2, 0) is 4.79 Å². The van der Waals surface area contributed by atoms with Crippen LogP contribution >= 0.6 is 0 Å². The van der Waals surface area contributed by atoms with Gasteiger partial charge in [0.05, 0.1) is 19.0 Å². The Labute approximate surface area is 65.4 Å². The third-order valence-corrected chi connectivity index (χ3v) is 1.01. The Bertz CT molecular complexity index is 211. The van der Waals surface area contributed by atoms with Gasteiger partial charge in [-0.2, -0.15) is 5.26 Å². The first kappa shape index (κ1) is 9.48. The van der Waals surface area contributed by atoms with Gasteiger partial charge in [-0.25, -0.2) is 0 Å². The summed E-state index contributed by atoms with van der Waals surface area (Å²) in [5, 5.41) is 11.1. The van der Waals surface area contributed by atoms with Gasteiger partial charge in [-0.15, -0.1) is 6.42 Å². The van der Waals surface area contributed by atoms with Crippen molar-refractivity contribution in [2.45, 2.75) is 12.5 Å². The molecule has 0 aromatic rings. The summed E-state index contributed by atoms with van der Waals surface area (Å²) >= 11 is 0. The van der Waals surface area contributed by atoms with Crippen LogP contribution in [0.15, 0.2) is 0 Å². The maximum absolute atomic E-state index is 10.3. The normalized spacial score (nSPS) is 11.1. The Morgan fingerprint density at radius 3 is 2.82 bits per heavy atom. The van der Waals surface area contributed by atoms with Crippen molar-refractivity contribution in [1.82, 2.24) is 5.32 Å². The maximum atomic E-state index is 10.3. The number of terminal acetylenes is 1. The molecule has 0 aliphatic carbocycles. The van der Waals surface area contributed by atoms with Crippen molar-refractivity contribution < 1.29 is 4.79 Å². The van der Waals surface area contributed by atoms with Crippen molar-refractivity contribution >= 4 is 5.91 Å². The van der Waals surface area contributed by atoms with E-state index in [0.29, 0.717) is 0 Å². The number of primary amides is 1. The Hall–Kier alpha value is -1.52. The molecule has 0 radical (unpaired) electrons. The van der Waals surface area contributed by atoms with Gasteiger partial charge in [0.15, 0.2) is 0 Å². The van der Waals surface area contributed by atoms with Gasteiger partial charge in [0.25, 0.3) is 0 Å². The zero-order valence-electron chi connectivity index (χ0n) is 6.00. The van der Waals surface area contributed by atoms with Crippen LogP contribution in [0.2, 0.25) is 0 Å². The monoisotopic (exact) mass is 151 g/mol. The molecule has 0 fully saturated rings. The molecule has 1 atom stereocenters. The number of rotatable bonds is 4. The number of nitriles is 1. The number of hydrogen-bond acceptors (Lipinski definition) is 3. The zero-order chi connectivity index (χ0) is 8.69. The lowest BCUT2D eigenvalue weighted by molar-refractivity contribution is -0.118. The molecule has 3 N–H and O–H groups in total. The van der Waals surface area contributed by atoms with E-state index >= 15 is 0 Å². The lowest BCUT2D eigenvalue weighted by atomic mass is 10.2. The molecule has 0 aliphatic heterocycles. The smallest absolute Gasteiger partial charge is 0.220 e. The van der Waals surface area contributed by atoms with Gasteiger partial charge < -0.3 is 5.73 Å². The van der Waals surface area contributed by atoms with Crippen LogP contribution in [0.5, 0.6) is 0 Å². The second kappa shape index (κ2) is 5.28. The molecule has 0 aromatic heterocycles. The summed E-state index contributed by atoms with van der Waals surface area (Å²) in [5.41, 5.74) is 4.86. The average molecular weight is 151 g/mol. The van der Waals surface area contributed by atoms with Gasteiger partial charge in [-0.1, -0.05) is 5.92 Å². The van der Waals surface area contributed by atoms with Gasteiger partial charge in [-0.3, -0.25) is 10.1 Å². The Morgan fingerprint density at radius 1 is 1.82 bits per heavy atom. The van der Waals surface area contributed by atoms with E-state index in [1.807, 2.05) is 6.07 Å². The Kier molecular flexibility index (Phi) is 4.55. The van der Waals surface area contributed by atoms with Crippen molar-refractivity contribution in [2.75, 3.05) is 6.54 Å². The van der Waals surface area contributed by atoms with E-state index in [9.17, 15) is 4.79 Å². The molecule has 0 bridgehead atoms. The van der Waals surface area contributed by atoms with Crippen LogP contribution in [-0.4, -0.2) is 18.5 Å². The minimum Gasteiger partial charge on any atom is -0.370 e. The lowest BCUT2D eigenvalue weighted by Gasteiger charge is -2.04. The molecule has 0 rings (SSSR count). The topological polar surface area (TPSA) is 78.9 Å². The molecule has 1 unspecified atom stereocenters. The summed E-state index contributed by atoms with van der Waals surface area (Å²) in [6.07, 6.45) is 4.92. The van der Waals surface area contributed by atoms with Gasteiger partial charge in [0, 0.05) is 0 Å². The number of carbonyl (C=O) groups is 1. The number of amides is 1. The summed E-state index contributed by atoms with van der Waals surface area (Å²) in [4.78, 5) is 10.3. The minimum atomic E-state index is -0.566. The summed E-state index contributed by atoms with van der Waals surface area (Å²) in [6.45, 7) is 0.269. The number of nitrogens with zero attached hydrogens (tertiary/aromatic N) is 1. The number of nitrogens with one attached hydrogen (secondary N) is 1. The van der Waals surface area contributed by atoms with E-state index in [0.717, 1.165) is 0 Å². The SMILES string of the molecule is C#CCNC(C#N)CC(N)=O. The molecular weight excluding hydrogens is 142 g/mol. The lowest BCUT2D eigenvalue weighted by Crippen LogP contribution is -2.32. The van der Waals surface area contributed by atoms with Crippen molar-refractivity contribution in [1.29, 1.82) is 5.26 Å². The highest BCUT2D eigenvalue weighted by molar-refractivity contribution is 5.74. The van der Waals surface area contributed by atoms with Crippen LogP contribution in [0.25, 0.3) is 0 Å². The van der Waals surface area contributed by atoms with Gasteiger partial charge in [0.1, 0.15) is 6.04 Å². The maximum Gasteiger partial charge on any atom is 0.220 e. The fourth-order valence-corrected chi connectivity index (χ4v) is 0.547. The van der Waals surface area contributed by atoms with E-state index in [-0.39, 0.29) is 13.0 Å². The molecular formula is C7H9N3O. The Morgan fingerprint density at radius 2 is 2.45 bits per heavy atom.